The lowest BCUT2D eigenvalue weighted by Gasteiger charge is -2.13. The monoisotopic (exact) mass is 257 g/mol. The molecule has 3 heterocycles. The Hall–Kier alpha value is -2.24. The molecule has 3 rings (SSSR count). The number of hydrogen-bond acceptors (Lipinski definition) is 4. The van der Waals surface area contributed by atoms with Crippen LogP contribution in [0.5, 0.6) is 0 Å². The van der Waals surface area contributed by atoms with Crippen LogP contribution < -0.4 is 0 Å². The van der Waals surface area contributed by atoms with E-state index in [0.717, 1.165) is 29.2 Å². The number of carbonyl (C=O) groups excluding carboxylic acids is 1. The Labute approximate surface area is 110 Å². The maximum absolute atomic E-state index is 12.3. The summed E-state index contributed by atoms with van der Waals surface area (Å²) < 4.78 is 0. The quantitative estimate of drug-likeness (QED) is 0.878. The minimum Gasteiger partial charge on any atom is -0.348 e. The van der Waals surface area contributed by atoms with Crippen LogP contribution in [0.1, 0.15) is 40.2 Å². The summed E-state index contributed by atoms with van der Waals surface area (Å²) in [5.74, 6) is 0.763. The third kappa shape index (κ3) is 1.99. The highest BCUT2D eigenvalue weighted by Gasteiger charge is 2.27. The summed E-state index contributed by atoms with van der Waals surface area (Å²) in [5, 5.41) is 0. The van der Waals surface area contributed by atoms with Crippen molar-refractivity contribution < 1.29 is 4.79 Å². The second-order valence-corrected chi connectivity index (χ2v) is 4.65. The van der Waals surface area contributed by atoms with E-state index in [9.17, 15) is 4.79 Å². The first kappa shape index (κ1) is 11.8. The van der Waals surface area contributed by atoms with Crippen LogP contribution in [0.3, 0.4) is 0 Å². The van der Waals surface area contributed by atoms with E-state index in [1.54, 1.807) is 11.2 Å². The molecule has 0 radical (unpaired) electrons. The van der Waals surface area contributed by atoms with Gasteiger partial charge in [0.2, 0.25) is 0 Å². The van der Waals surface area contributed by atoms with Gasteiger partial charge in [0.05, 0.1) is 18.6 Å². The highest BCUT2D eigenvalue weighted by Crippen LogP contribution is 2.22. The van der Waals surface area contributed by atoms with Crippen molar-refractivity contribution in [1.82, 2.24) is 24.8 Å². The van der Waals surface area contributed by atoms with Crippen molar-refractivity contribution in [3.05, 3.63) is 41.0 Å². The van der Waals surface area contributed by atoms with Gasteiger partial charge >= 0.3 is 0 Å². The molecule has 1 aliphatic heterocycles. The van der Waals surface area contributed by atoms with Crippen molar-refractivity contribution in [2.45, 2.75) is 33.4 Å². The molecule has 0 aliphatic carbocycles. The van der Waals surface area contributed by atoms with Crippen molar-refractivity contribution in [3.63, 3.8) is 0 Å². The van der Waals surface area contributed by atoms with Gasteiger partial charge in [-0.2, -0.15) is 0 Å². The van der Waals surface area contributed by atoms with Crippen molar-refractivity contribution in [2.75, 3.05) is 0 Å². The molecule has 1 N–H and O–H groups in total. The van der Waals surface area contributed by atoms with E-state index in [1.165, 1.54) is 0 Å². The number of nitrogens with zero attached hydrogens (tertiary/aromatic N) is 4. The Balaban J connectivity index is 1.84. The lowest BCUT2D eigenvalue weighted by Crippen LogP contribution is -2.26. The number of hydrogen-bond donors (Lipinski definition) is 1. The number of nitrogens with one attached hydrogen (secondary N) is 1. The molecule has 0 saturated heterocycles. The minimum absolute atomic E-state index is 0.0604. The van der Waals surface area contributed by atoms with Gasteiger partial charge in [0.25, 0.3) is 5.91 Å². The zero-order valence-electron chi connectivity index (χ0n) is 11.0. The Bertz CT molecular complexity index is 634. The second kappa shape index (κ2) is 4.46. The highest BCUT2D eigenvalue weighted by atomic mass is 16.2. The Morgan fingerprint density at radius 1 is 1.42 bits per heavy atom. The van der Waals surface area contributed by atoms with Gasteiger partial charge < -0.3 is 9.88 Å². The molecule has 1 amide bonds. The highest BCUT2D eigenvalue weighted by molar-refractivity contribution is 5.93. The molecular formula is C13H15N5O. The topological polar surface area (TPSA) is 74.8 Å². The average Bonchev–Trinajstić information content (AvgIpc) is 3.02. The minimum atomic E-state index is -0.0604. The van der Waals surface area contributed by atoms with Gasteiger partial charge in [-0.1, -0.05) is 6.92 Å². The van der Waals surface area contributed by atoms with Crippen LogP contribution in [0.4, 0.5) is 0 Å². The smallest absolute Gasteiger partial charge is 0.274 e. The van der Waals surface area contributed by atoms with Crippen LogP contribution in [0, 0.1) is 6.92 Å². The van der Waals surface area contributed by atoms with Gasteiger partial charge in [0.15, 0.2) is 0 Å². The zero-order valence-corrected chi connectivity index (χ0v) is 11.0. The van der Waals surface area contributed by atoms with E-state index in [2.05, 4.69) is 19.9 Å². The fourth-order valence-corrected chi connectivity index (χ4v) is 2.23. The number of rotatable bonds is 2. The van der Waals surface area contributed by atoms with Crippen LogP contribution >= 0.6 is 0 Å². The molecule has 0 spiro atoms. The molecule has 2 aromatic rings. The van der Waals surface area contributed by atoms with Gasteiger partial charge in [0.1, 0.15) is 11.5 Å². The summed E-state index contributed by atoms with van der Waals surface area (Å²) in [7, 11) is 0. The molecule has 0 fully saturated rings. The van der Waals surface area contributed by atoms with Crippen LogP contribution in [-0.4, -0.2) is 30.7 Å². The van der Waals surface area contributed by atoms with Crippen molar-refractivity contribution >= 4 is 5.91 Å². The van der Waals surface area contributed by atoms with Crippen LogP contribution in [0.15, 0.2) is 12.5 Å². The molecule has 0 saturated carbocycles. The van der Waals surface area contributed by atoms with Gasteiger partial charge in [-0.3, -0.25) is 4.79 Å². The summed E-state index contributed by atoms with van der Waals surface area (Å²) in [6, 6.07) is 0. The summed E-state index contributed by atoms with van der Waals surface area (Å²) in [6.45, 7) is 4.96. The first-order valence-corrected chi connectivity index (χ1v) is 6.32. The summed E-state index contributed by atoms with van der Waals surface area (Å²) >= 11 is 0. The predicted molar refractivity (Wildman–Crippen MR) is 68.3 cm³/mol. The average molecular weight is 257 g/mol. The van der Waals surface area contributed by atoms with Gasteiger partial charge in [-0.15, -0.1) is 0 Å². The number of carbonyl (C=O) groups is 1. The van der Waals surface area contributed by atoms with Crippen LogP contribution in [0.25, 0.3) is 0 Å². The van der Waals surface area contributed by atoms with Crippen molar-refractivity contribution in [2.24, 2.45) is 0 Å². The van der Waals surface area contributed by atoms with Crippen molar-refractivity contribution in [1.29, 1.82) is 0 Å². The number of imidazole rings is 1. The van der Waals surface area contributed by atoms with Crippen molar-refractivity contribution in [3.8, 4) is 0 Å². The standard InChI is InChI=1S/C13H15N5O/c1-3-11-14-4-9-5-18(6-10(9)17-11)13(19)12-8(2)15-7-16-12/h4,7H,3,5-6H2,1-2H3,(H,15,16). The Kier molecular flexibility index (Phi) is 2.77. The Morgan fingerprint density at radius 3 is 2.95 bits per heavy atom. The molecule has 0 atom stereocenters. The third-order valence-corrected chi connectivity index (χ3v) is 3.34. The van der Waals surface area contributed by atoms with E-state index < -0.39 is 0 Å². The van der Waals surface area contributed by atoms with E-state index in [-0.39, 0.29) is 5.91 Å². The predicted octanol–water partition coefficient (Wildman–Crippen LogP) is 1.23. The molecule has 19 heavy (non-hydrogen) atoms. The number of fused-ring (bicyclic) bond motifs is 1. The van der Waals surface area contributed by atoms with Gasteiger partial charge in [-0.05, 0) is 6.92 Å². The van der Waals surface area contributed by atoms with E-state index in [0.29, 0.717) is 18.8 Å². The fraction of sp³-hybridized carbons (Fsp3) is 0.385. The summed E-state index contributed by atoms with van der Waals surface area (Å²) in [6.07, 6.45) is 4.17. The maximum atomic E-state index is 12.3. The molecular weight excluding hydrogens is 242 g/mol. The first-order chi connectivity index (χ1) is 9.19. The lowest BCUT2D eigenvalue weighted by atomic mass is 10.3. The summed E-state index contributed by atoms with van der Waals surface area (Å²) in [4.78, 5) is 29.8. The number of amides is 1. The number of aromatic amines is 1. The SMILES string of the molecule is CCc1ncc2c(n1)CN(C(=O)c1nc[nH]c1C)C2. The number of aromatic nitrogens is 4. The van der Waals surface area contributed by atoms with Gasteiger partial charge in [0, 0.05) is 30.4 Å². The fourth-order valence-electron chi connectivity index (χ4n) is 2.23. The number of aryl methyl sites for hydroxylation is 2. The zero-order chi connectivity index (χ0) is 13.4. The molecule has 98 valence electrons. The van der Waals surface area contributed by atoms with E-state index >= 15 is 0 Å². The normalized spacial score (nSPS) is 13.7. The first-order valence-electron chi connectivity index (χ1n) is 6.32. The molecule has 6 heteroatoms. The Morgan fingerprint density at radius 2 is 2.26 bits per heavy atom. The number of H-pyrrole nitrogens is 1. The molecule has 0 bridgehead atoms. The molecule has 6 nitrogen and oxygen atoms in total. The van der Waals surface area contributed by atoms with Crippen LogP contribution in [0.2, 0.25) is 0 Å². The van der Waals surface area contributed by atoms with Gasteiger partial charge in [-0.25, -0.2) is 15.0 Å². The van der Waals surface area contributed by atoms with Crippen LogP contribution in [-0.2, 0) is 19.5 Å². The molecule has 1 aliphatic rings. The molecule has 0 aromatic carbocycles. The lowest BCUT2D eigenvalue weighted by molar-refractivity contribution is 0.0744. The third-order valence-electron chi connectivity index (χ3n) is 3.34. The van der Waals surface area contributed by atoms with E-state index in [1.807, 2.05) is 20.0 Å². The molecule has 2 aromatic heterocycles. The van der Waals surface area contributed by atoms with E-state index in [4.69, 9.17) is 0 Å². The largest absolute Gasteiger partial charge is 0.348 e. The maximum Gasteiger partial charge on any atom is 0.274 e. The molecule has 0 unspecified atom stereocenters. The summed E-state index contributed by atoms with van der Waals surface area (Å²) in [5.41, 5.74) is 3.25. The second-order valence-electron chi connectivity index (χ2n) is 4.65.